The number of aromatic hydroxyl groups is 1. The van der Waals surface area contributed by atoms with Gasteiger partial charge in [0.15, 0.2) is 0 Å². The van der Waals surface area contributed by atoms with E-state index in [0.29, 0.717) is 18.5 Å². The predicted octanol–water partition coefficient (Wildman–Crippen LogP) is 5.19. The van der Waals surface area contributed by atoms with Crippen molar-refractivity contribution in [2.75, 3.05) is 16.8 Å². The van der Waals surface area contributed by atoms with Crippen molar-refractivity contribution in [1.29, 1.82) is 0 Å². The van der Waals surface area contributed by atoms with Crippen molar-refractivity contribution in [1.82, 2.24) is 0 Å². The van der Waals surface area contributed by atoms with E-state index in [-0.39, 0.29) is 22.2 Å². The molecular formula is C25H21ClN2O3. The first-order valence-corrected chi connectivity index (χ1v) is 10.7. The number of halogens is 1. The first kappa shape index (κ1) is 19.6. The van der Waals surface area contributed by atoms with Gasteiger partial charge < -0.3 is 15.3 Å². The molecule has 2 aliphatic rings. The summed E-state index contributed by atoms with van der Waals surface area (Å²) < 4.78 is 0. The maximum absolute atomic E-state index is 13.1. The first-order chi connectivity index (χ1) is 15.0. The summed E-state index contributed by atoms with van der Waals surface area (Å²) in [5.41, 5.74) is 5.60. The van der Waals surface area contributed by atoms with Crippen LogP contribution in [0.5, 0.6) is 5.75 Å². The average Bonchev–Trinajstić information content (AvgIpc) is 2.78. The van der Waals surface area contributed by atoms with E-state index in [2.05, 4.69) is 5.32 Å². The van der Waals surface area contributed by atoms with E-state index in [4.69, 9.17) is 11.6 Å². The Labute approximate surface area is 185 Å². The third-order valence-electron chi connectivity index (χ3n) is 5.95. The minimum atomic E-state index is -0.427. The number of phenolic OH excluding ortho intramolecular Hbond substituents is 1. The molecule has 0 saturated carbocycles. The van der Waals surface area contributed by atoms with Crippen molar-refractivity contribution in [2.24, 2.45) is 0 Å². The quantitative estimate of drug-likeness (QED) is 0.598. The Kier molecular flexibility index (Phi) is 4.91. The largest absolute Gasteiger partial charge is 0.506 e. The topological polar surface area (TPSA) is 69.6 Å². The number of rotatable bonds is 3. The number of nitrogens with zero attached hydrogens (tertiary/aromatic N) is 1. The number of phenols is 1. The van der Waals surface area contributed by atoms with Gasteiger partial charge in [0, 0.05) is 18.7 Å². The fraction of sp³-hybridized carbons (Fsp3) is 0.200. The Hall–Kier alpha value is -3.31. The van der Waals surface area contributed by atoms with Gasteiger partial charge in [0.1, 0.15) is 5.75 Å². The van der Waals surface area contributed by atoms with Gasteiger partial charge in [-0.3, -0.25) is 9.59 Å². The molecule has 5 rings (SSSR count). The number of carbonyl (C=O) groups is 2. The van der Waals surface area contributed by atoms with E-state index < -0.39 is 5.91 Å². The number of benzene rings is 3. The normalized spacial score (nSPS) is 14.9. The van der Waals surface area contributed by atoms with E-state index >= 15 is 0 Å². The van der Waals surface area contributed by atoms with Crippen LogP contribution in [0.25, 0.3) is 11.1 Å². The third-order valence-corrected chi connectivity index (χ3v) is 6.24. The Morgan fingerprint density at radius 2 is 1.71 bits per heavy atom. The summed E-state index contributed by atoms with van der Waals surface area (Å²) in [6.07, 6.45) is 2.93. The van der Waals surface area contributed by atoms with Gasteiger partial charge in [0.25, 0.3) is 5.91 Å². The Balaban J connectivity index is 1.49. The maximum atomic E-state index is 13.1. The number of nitrogens with one attached hydrogen (secondary N) is 1. The second kappa shape index (κ2) is 7.75. The van der Waals surface area contributed by atoms with Crippen LogP contribution in [0.15, 0.2) is 54.6 Å². The van der Waals surface area contributed by atoms with Crippen molar-refractivity contribution in [3.63, 3.8) is 0 Å². The number of amides is 2. The van der Waals surface area contributed by atoms with Gasteiger partial charge in [-0.15, -0.1) is 0 Å². The summed E-state index contributed by atoms with van der Waals surface area (Å²) in [6.45, 7) is 0.753. The molecule has 0 bridgehead atoms. The average molecular weight is 433 g/mol. The van der Waals surface area contributed by atoms with Gasteiger partial charge >= 0.3 is 0 Å². The van der Waals surface area contributed by atoms with Gasteiger partial charge in [0.05, 0.1) is 16.3 Å². The zero-order valence-corrected chi connectivity index (χ0v) is 17.6. The highest BCUT2D eigenvalue weighted by Gasteiger charge is 2.30. The molecule has 0 radical (unpaired) electrons. The SMILES string of the molecule is O=C(Nc1cc2c3c(c1)CCC(=O)N3CCC2)c1cc(-c2ccccc2)cc(Cl)c1O. The van der Waals surface area contributed by atoms with Gasteiger partial charge in [-0.25, -0.2) is 0 Å². The maximum Gasteiger partial charge on any atom is 0.259 e. The van der Waals surface area contributed by atoms with Gasteiger partial charge in [-0.05, 0) is 65.8 Å². The summed E-state index contributed by atoms with van der Waals surface area (Å²) >= 11 is 6.23. The molecule has 2 amide bonds. The molecule has 2 N–H and O–H groups in total. The molecule has 2 aliphatic heterocycles. The smallest absolute Gasteiger partial charge is 0.259 e. The molecule has 3 aromatic rings. The summed E-state index contributed by atoms with van der Waals surface area (Å²) in [5, 5.41) is 13.5. The molecule has 0 spiro atoms. The lowest BCUT2D eigenvalue weighted by molar-refractivity contribution is -0.119. The summed E-state index contributed by atoms with van der Waals surface area (Å²) in [6, 6.07) is 16.7. The van der Waals surface area contributed by atoms with Crippen LogP contribution < -0.4 is 10.2 Å². The first-order valence-electron chi connectivity index (χ1n) is 10.4. The van der Waals surface area contributed by atoms with E-state index in [9.17, 15) is 14.7 Å². The van der Waals surface area contributed by atoms with Gasteiger partial charge in [-0.2, -0.15) is 0 Å². The van der Waals surface area contributed by atoms with Crippen LogP contribution in [0.4, 0.5) is 11.4 Å². The highest BCUT2D eigenvalue weighted by molar-refractivity contribution is 6.33. The standard InChI is InChI=1S/C25H21ClN2O3/c26-21-14-18(15-5-2-1-3-6-15)13-20(24(21)30)25(31)27-19-11-16-7-4-10-28-22(29)9-8-17(12-19)23(16)28/h1-3,5-6,11-14,30H,4,7-10H2,(H,27,31). The van der Waals surface area contributed by atoms with Crippen molar-refractivity contribution in [3.05, 3.63) is 76.3 Å². The minimum Gasteiger partial charge on any atom is -0.506 e. The fourth-order valence-electron chi connectivity index (χ4n) is 4.49. The van der Waals surface area contributed by atoms with Gasteiger partial charge in [0.2, 0.25) is 5.91 Å². The van der Waals surface area contributed by atoms with E-state index in [1.807, 2.05) is 47.4 Å². The highest BCUT2D eigenvalue weighted by Crippen LogP contribution is 2.39. The third kappa shape index (κ3) is 3.55. The van der Waals surface area contributed by atoms with Crippen molar-refractivity contribution >= 4 is 34.8 Å². The van der Waals surface area contributed by atoms with E-state index in [1.54, 1.807) is 12.1 Å². The van der Waals surface area contributed by atoms with Crippen LogP contribution in [0, 0.1) is 0 Å². The highest BCUT2D eigenvalue weighted by atomic mass is 35.5. The molecule has 156 valence electrons. The molecule has 0 aromatic heterocycles. The molecule has 2 heterocycles. The molecule has 0 atom stereocenters. The predicted molar refractivity (Wildman–Crippen MR) is 122 cm³/mol. The van der Waals surface area contributed by atoms with Crippen LogP contribution in [-0.2, 0) is 17.6 Å². The molecule has 0 saturated heterocycles. The summed E-state index contributed by atoms with van der Waals surface area (Å²) in [7, 11) is 0. The van der Waals surface area contributed by atoms with Crippen LogP contribution in [0.2, 0.25) is 5.02 Å². The zero-order chi connectivity index (χ0) is 21.5. The van der Waals surface area contributed by atoms with Crippen LogP contribution in [0.3, 0.4) is 0 Å². The number of anilines is 2. The van der Waals surface area contributed by atoms with Crippen LogP contribution in [0.1, 0.15) is 34.3 Å². The van der Waals surface area contributed by atoms with Gasteiger partial charge in [-0.1, -0.05) is 41.9 Å². The van der Waals surface area contributed by atoms with E-state index in [0.717, 1.165) is 47.3 Å². The van der Waals surface area contributed by atoms with Crippen molar-refractivity contribution in [3.8, 4) is 16.9 Å². The molecule has 0 unspecified atom stereocenters. The number of carbonyl (C=O) groups excluding carboxylic acids is 2. The monoisotopic (exact) mass is 432 g/mol. The lowest BCUT2D eigenvalue weighted by atomic mass is 9.91. The van der Waals surface area contributed by atoms with Crippen LogP contribution >= 0.6 is 11.6 Å². The van der Waals surface area contributed by atoms with Crippen molar-refractivity contribution < 1.29 is 14.7 Å². The molecule has 3 aromatic carbocycles. The molecule has 5 nitrogen and oxygen atoms in total. The lowest BCUT2D eigenvalue weighted by Crippen LogP contribution is -2.39. The number of hydrogen-bond acceptors (Lipinski definition) is 3. The molecule has 0 aliphatic carbocycles. The Morgan fingerprint density at radius 3 is 2.48 bits per heavy atom. The number of hydrogen-bond donors (Lipinski definition) is 2. The molecular weight excluding hydrogens is 412 g/mol. The molecule has 31 heavy (non-hydrogen) atoms. The second-order valence-corrected chi connectivity index (χ2v) is 8.37. The lowest BCUT2D eigenvalue weighted by Gasteiger charge is -2.35. The Morgan fingerprint density at radius 1 is 0.968 bits per heavy atom. The van der Waals surface area contributed by atoms with Crippen LogP contribution in [-0.4, -0.2) is 23.5 Å². The fourth-order valence-corrected chi connectivity index (χ4v) is 4.71. The van der Waals surface area contributed by atoms with E-state index in [1.165, 1.54) is 0 Å². The summed E-state index contributed by atoms with van der Waals surface area (Å²) in [5.74, 6) is -0.499. The van der Waals surface area contributed by atoms with Crippen molar-refractivity contribution in [2.45, 2.75) is 25.7 Å². The second-order valence-electron chi connectivity index (χ2n) is 7.97. The minimum absolute atomic E-state index is 0.120. The summed E-state index contributed by atoms with van der Waals surface area (Å²) in [4.78, 5) is 27.2. The molecule has 0 fully saturated rings. The Bertz CT molecular complexity index is 1190. The zero-order valence-electron chi connectivity index (χ0n) is 16.8. The molecule has 6 heteroatoms. The number of aryl methyl sites for hydroxylation is 2.